The van der Waals surface area contributed by atoms with Crippen LogP contribution in [-0.2, 0) is 0 Å². The Hall–Kier alpha value is -2.94. The molecule has 0 aliphatic rings. The minimum absolute atomic E-state index is 1.65. The molecule has 11 heteroatoms. The number of hydrogen-bond acceptors (Lipinski definition) is 2. The van der Waals surface area contributed by atoms with Crippen LogP contribution >= 0.6 is 0 Å². The Labute approximate surface area is 116 Å². The quantitative estimate of drug-likeness (QED) is 0.294. The third-order valence-corrected chi connectivity index (χ3v) is 2.73. The fourth-order valence-corrected chi connectivity index (χ4v) is 1.82. The molecule has 0 radical (unpaired) electrons. The first-order chi connectivity index (χ1) is 10.2. The smallest absolute Gasteiger partial charge is 0.341 e. The van der Waals surface area contributed by atoms with Crippen molar-refractivity contribution in [2.24, 2.45) is 5.11 Å². The van der Waals surface area contributed by atoms with Gasteiger partial charge >= 0.3 is 5.97 Å². The normalized spacial score (nSPS) is 10.6. The molecular formula is C11HF6N3O2. The molecule has 0 atom stereocenters. The van der Waals surface area contributed by atoms with E-state index in [1.165, 1.54) is 0 Å². The van der Waals surface area contributed by atoms with Crippen molar-refractivity contribution in [3.05, 3.63) is 50.9 Å². The maximum absolute atomic E-state index is 13.9. The summed E-state index contributed by atoms with van der Waals surface area (Å²) in [5.41, 5.74) is 4.55. The fraction of sp³-hybridized carbons (Fsp3) is 0. The van der Waals surface area contributed by atoms with E-state index < -0.39 is 62.9 Å². The molecule has 22 heavy (non-hydrogen) atoms. The van der Waals surface area contributed by atoms with E-state index in [0.29, 0.717) is 0 Å². The summed E-state index contributed by atoms with van der Waals surface area (Å²) >= 11 is 0. The largest absolute Gasteiger partial charge is 0.477 e. The molecule has 0 fully saturated rings. The monoisotopic (exact) mass is 321 g/mol. The summed E-state index contributed by atoms with van der Waals surface area (Å²) in [5, 5.41) is 7.56. The summed E-state index contributed by atoms with van der Waals surface area (Å²) in [6.07, 6.45) is 0. The maximum atomic E-state index is 13.9. The third-order valence-electron chi connectivity index (χ3n) is 2.73. The highest BCUT2D eigenvalue weighted by atomic mass is 19.2. The van der Waals surface area contributed by atoms with Crippen molar-refractivity contribution in [2.75, 3.05) is 0 Å². The minimum Gasteiger partial charge on any atom is -0.477 e. The molecule has 5 nitrogen and oxygen atoms in total. The molecular weight excluding hydrogens is 320 g/mol. The van der Waals surface area contributed by atoms with Crippen molar-refractivity contribution in [3.63, 3.8) is 0 Å². The Balaban J connectivity index is 3.22. The van der Waals surface area contributed by atoms with Crippen molar-refractivity contribution in [1.82, 2.24) is 0 Å². The Morgan fingerprint density at radius 1 is 0.864 bits per heavy atom. The number of carboxylic acids is 1. The number of carboxylic acid groups (broad SMARTS) is 1. The highest BCUT2D eigenvalue weighted by Gasteiger charge is 2.32. The fourth-order valence-electron chi connectivity index (χ4n) is 1.82. The molecule has 0 bridgehead atoms. The molecule has 0 amide bonds. The van der Waals surface area contributed by atoms with Gasteiger partial charge in [-0.3, -0.25) is 0 Å². The number of halogens is 6. The third kappa shape index (κ3) is 1.91. The van der Waals surface area contributed by atoms with Crippen LogP contribution in [0.4, 0.5) is 32.0 Å². The second-order valence-electron chi connectivity index (χ2n) is 3.85. The lowest BCUT2D eigenvalue weighted by Crippen LogP contribution is -2.10. The van der Waals surface area contributed by atoms with Crippen LogP contribution < -0.4 is 0 Å². The summed E-state index contributed by atoms with van der Waals surface area (Å²) in [6.45, 7) is 0. The van der Waals surface area contributed by atoms with Gasteiger partial charge in [0.15, 0.2) is 29.1 Å². The van der Waals surface area contributed by atoms with Gasteiger partial charge in [0, 0.05) is 4.91 Å². The summed E-state index contributed by atoms with van der Waals surface area (Å²) in [4.78, 5) is 12.6. The van der Waals surface area contributed by atoms with Gasteiger partial charge in [-0.15, -0.1) is 0 Å². The zero-order valence-electron chi connectivity index (χ0n) is 9.96. The SMILES string of the molecule is [N-]=[N+]=Nc1c(F)c(F)c2c(F)c(C(=O)O)c(F)c(F)c2c1F. The molecule has 0 spiro atoms. The van der Waals surface area contributed by atoms with Gasteiger partial charge in [0.05, 0.1) is 10.8 Å². The predicted molar refractivity (Wildman–Crippen MR) is 59.5 cm³/mol. The zero-order valence-corrected chi connectivity index (χ0v) is 9.96. The van der Waals surface area contributed by atoms with Crippen LogP contribution in [0.1, 0.15) is 10.4 Å². The van der Waals surface area contributed by atoms with Gasteiger partial charge in [0.2, 0.25) is 0 Å². The van der Waals surface area contributed by atoms with Gasteiger partial charge in [-0.2, -0.15) is 0 Å². The maximum Gasteiger partial charge on any atom is 0.341 e. The molecule has 2 rings (SSSR count). The zero-order chi connectivity index (χ0) is 16.8. The van der Waals surface area contributed by atoms with Crippen LogP contribution in [0.3, 0.4) is 0 Å². The number of carbonyl (C=O) groups is 1. The average molecular weight is 321 g/mol. The lowest BCUT2D eigenvalue weighted by molar-refractivity contribution is 0.0685. The van der Waals surface area contributed by atoms with E-state index in [1.54, 1.807) is 0 Å². The molecule has 0 aliphatic carbocycles. The van der Waals surface area contributed by atoms with E-state index in [0.717, 1.165) is 0 Å². The van der Waals surface area contributed by atoms with Crippen LogP contribution in [-0.4, -0.2) is 11.1 Å². The molecule has 0 aliphatic heterocycles. The van der Waals surface area contributed by atoms with Gasteiger partial charge in [-0.1, -0.05) is 5.11 Å². The number of fused-ring (bicyclic) bond motifs is 1. The van der Waals surface area contributed by atoms with E-state index in [1.807, 2.05) is 4.91 Å². The lowest BCUT2D eigenvalue weighted by Gasteiger charge is -2.11. The molecule has 0 unspecified atom stereocenters. The topological polar surface area (TPSA) is 86.1 Å². The number of nitrogens with zero attached hydrogens (tertiary/aromatic N) is 3. The minimum atomic E-state index is -2.31. The summed E-state index contributed by atoms with van der Waals surface area (Å²) < 4.78 is 82.2. The average Bonchev–Trinajstić information content (AvgIpc) is 2.44. The first kappa shape index (κ1) is 15.4. The summed E-state index contributed by atoms with van der Waals surface area (Å²) in [7, 11) is 0. The van der Waals surface area contributed by atoms with Crippen molar-refractivity contribution in [3.8, 4) is 0 Å². The summed E-state index contributed by atoms with van der Waals surface area (Å²) in [5.74, 6) is -15.6. The number of azide groups is 1. The van der Waals surface area contributed by atoms with Gasteiger partial charge in [0.1, 0.15) is 17.1 Å². The van der Waals surface area contributed by atoms with Crippen LogP contribution in [0.5, 0.6) is 0 Å². The Morgan fingerprint density at radius 2 is 1.36 bits per heavy atom. The number of benzene rings is 2. The van der Waals surface area contributed by atoms with Crippen LogP contribution in [0.2, 0.25) is 0 Å². The molecule has 1 N–H and O–H groups in total. The van der Waals surface area contributed by atoms with E-state index >= 15 is 0 Å². The standard InChI is InChI=1S/C11HF6N3O2/c12-4-1-2(5(13)7(15)3(4)11(21)22)8(16)10(19-20-18)9(17)6(1)14/h(H,21,22). The summed E-state index contributed by atoms with van der Waals surface area (Å²) in [6, 6.07) is 0. The number of aromatic carboxylic acids is 1. The van der Waals surface area contributed by atoms with Crippen LogP contribution in [0.15, 0.2) is 5.11 Å². The van der Waals surface area contributed by atoms with Gasteiger partial charge in [-0.05, 0) is 5.53 Å². The van der Waals surface area contributed by atoms with Crippen LogP contribution in [0.25, 0.3) is 21.2 Å². The van der Waals surface area contributed by atoms with Crippen molar-refractivity contribution in [2.45, 2.75) is 0 Å². The number of rotatable bonds is 2. The lowest BCUT2D eigenvalue weighted by atomic mass is 10.0. The Kier molecular flexibility index (Phi) is 3.59. The first-order valence-electron chi connectivity index (χ1n) is 5.19. The van der Waals surface area contributed by atoms with Crippen molar-refractivity contribution >= 4 is 22.4 Å². The molecule has 0 saturated carbocycles. The molecule has 114 valence electrons. The molecule has 2 aromatic rings. The molecule has 0 saturated heterocycles. The first-order valence-corrected chi connectivity index (χ1v) is 5.19. The predicted octanol–water partition coefficient (Wildman–Crippen LogP) is 4.31. The second-order valence-corrected chi connectivity index (χ2v) is 3.85. The van der Waals surface area contributed by atoms with Crippen molar-refractivity contribution < 1.29 is 36.2 Å². The highest BCUT2D eigenvalue weighted by molar-refractivity contribution is 5.97. The van der Waals surface area contributed by atoms with Crippen LogP contribution in [0, 0.1) is 34.9 Å². The van der Waals surface area contributed by atoms with E-state index in [-0.39, 0.29) is 0 Å². The Morgan fingerprint density at radius 3 is 1.86 bits per heavy atom. The molecule has 2 aromatic carbocycles. The van der Waals surface area contributed by atoms with Crippen molar-refractivity contribution in [1.29, 1.82) is 0 Å². The number of hydrogen-bond donors (Lipinski definition) is 1. The van der Waals surface area contributed by atoms with Gasteiger partial charge < -0.3 is 5.11 Å². The van der Waals surface area contributed by atoms with E-state index in [4.69, 9.17) is 10.6 Å². The molecule has 0 aromatic heterocycles. The molecule has 0 heterocycles. The van der Waals surface area contributed by atoms with E-state index in [2.05, 4.69) is 5.11 Å². The van der Waals surface area contributed by atoms with Gasteiger partial charge in [0.25, 0.3) is 0 Å². The highest BCUT2D eigenvalue weighted by Crippen LogP contribution is 2.38. The van der Waals surface area contributed by atoms with Gasteiger partial charge in [-0.25, -0.2) is 31.1 Å². The second kappa shape index (κ2) is 5.11. The van der Waals surface area contributed by atoms with E-state index in [9.17, 15) is 31.1 Å². The Bertz CT molecular complexity index is 833.